The summed E-state index contributed by atoms with van der Waals surface area (Å²) in [5.41, 5.74) is -0.157. The molecule has 1 aliphatic rings. The van der Waals surface area contributed by atoms with Crippen LogP contribution < -0.4 is 0 Å². The fraction of sp³-hybridized carbons (Fsp3) is 0.778. The van der Waals surface area contributed by atoms with Gasteiger partial charge in [-0.25, -0.2) is 0 Å². The molecule has 1 atom stereocenters. The Labute approximate surface area is 67.2 Å². The summed E-state index contributed by atoms with van der Waals surface area (Å²) < 4.78 is 0. The number of ketones is 1. The molecule has 1 fully saturated rings. The van der Waals surface area contributed by atoms with E-state index in [4.69, 9.17) is 5.26 Å². The van der Waals surface area contributed by atoms with Crippen molar-refractivity contribution in [3.05, 3.63) is 0 Å². The zero-order valence-corrected chi connectivity index (χ0v) is 6.89. The van der Waals surface area contributed by atoms with Crippen LogP contribution in [0.4, 0.5) is 0 Å². The van der Waals surface area contributed by atoms with Crippen molar-refractivity contribution in [1.29, 1.82) is 5.26 Å². The molecule has 0 aromatic heterocycles. The van der Waals surface area contributed by atoms with Gasteiger partial charge in [-0.2, -0.15) is 5.26 Å². The highest BCUT2D eigenvalue weighted by Gasteiger charge is 2.36. The van der Waals surface area contributed by atoms with Crippen molar-refractivity contribution in [2.45, 2.75) is 39.0 Å². The van der Waals surface area contributed by atoms with Crippen LogP contribution in [-0.2, 0) is 4.79 Å². The number of hydrogen-bond donors (Lipinski definition) is 0. The van der Waals surface area contributed by atoms with E-state index in [2.05, 4.69) is 6.07 Å². The summed E-state index contributed by atoms with van der Waals surface area (Å²) >= 11 is 0. The Morgan fingerprint density at radius 3 is 2.91 bits per heavy atom. The first-order chi connectivity index (χ1) is 5.19. The Kier molecular flexibility index (Phi) is 2.28. The average Bonchev–Trinajstić information content (AvgIpc) is 2.30. The molecule has 0 radical (unpaired) electrons. The summed E-state index contributed by atoms with van der Waals surface area (Å²) in [7, 11) is 0. The van der Waals surface area contributed by atoms with Crippen LogP contribution in [-0.4, -0.2) is 5.78 Å². The molecule has 60 valence electrons. The molecule has 0 aliphatic heterocycles. The minimum Gasteiger partial charge on any atom is -0.299 e. The largest absolute Gasteiger partial charge is 0.299 e. The predicted octanol–water partition coefficient (Wildman–Crippen LogP) is 2.05. The molecule has 2 nitrogen and oxygen atoms in total. The summed E-state index contributed by atoms with van der Waals surface area (Å²) in [6.45, 7) is 1.99. The molecule has 0 bridgehead atoms. The molecule has 0 saturated heterocycles. The Morgan fingerprint density at radius 2 is 2.45 bits per heavy atom. The molecular formula is C9H13NO. The van der Waals surface area contributed by atoms with E-state index in [0.29, 0.717) is 12.2 Å². The SMILES string of the molecule is C[C@]1(CCC#N)CCCC1=O. The standard InChI is InChI=1S/C9H13NO/c1-9(6-3-7-10)5-2-4-8(9)11/h2-6H2,1H3/t9-/m1/s1. The van der Waals surface area contributed by atoms with Gasteiger partial charge in [0.05, 0.1) is 6.07 Å². The molecule has 1 saturated carbocycles. The highest BCUT2D eigenvalue weighted by molar-refractivity contribution is 5.86. The lowest BCUT2D eigenvalue weighted by atomic mass is 9.83. The second-order valence-electron chi connectivity index (χ2n) is 3.50. The molecule has 1 rings (SSSR count). The number of hydrogen-bond acceptors (Lipinski definition) is 2. The fourth-order valence-corrected chi connectivity index (χ4v) is 1.68. The lowest BCUT2D eigenvalue weighted by molar-refractivity contribution is -0.125. The van der Waals surface area contributed by atoms with Crippen molar-refractivity contribution >= 4 is 5.78 Å². The maximum atomic E-state index is 11.3. The normalized spacial score (nSPS) is 30.4. The number of nitriles is 1. The maximum Gasteiger partial charge on any atom is 0.138 e. The molecule has 0 N–H and O–H groups in total. The van der Waals surface area contributed by atoms with E-state index in [1.165, 1.54) is 0 Å². The van der Waals surface area contributed by atoms with Crippen molar-refractivity contribution < 1.29 is 4.79 Å². The minimum absolute atomic E-state index is 0.157. The molecule has 2 heteroatoms. The van der Waals surface area contributed by atoms with Crippen molar-refractivity contribution in [3.8, 4) is 6.07 Å². The first kappa shape index (κ1) is 8.26. The van der Waals surface area contributed by atoms with Crippen LogP contribution in [0.1, 0.15) is 39.0 Å². The summed E-state index contributed by atoms with van der Waals surface area (Å²) in [4.78, 5) is 11.3. The van der Waals surface area contributed by atoms with E-state index >= 15 is 0 Å². The quantitative estimate of drug-likeness (QED) is 0.606. The molecular weight excluding hydrogens is 138 g/mol. The van der Waals surface area contributed by atoms with Gasteiger partial charge >= 0.3 is 0 Å². The van der Waals surface area contributed by atoms with Gasteiger partial charge in [0.1, 0.15) is 5.78 Å². The van der Waals surface area contributed by atoms with Crippen molar-refractivity contribution in [1.82, 2.24) is 0 Å². The van der Waals surface area contributed by atoms with E-state index in [1.807, 2.05) is 6.92 Å². The van der Waals surface area contributed by atoms with Gasteiger partial charge in [0, 0.05) is 18.3 Å². The van der Waals surface area contributed by atoms with E-state index in [9.17, 15) is 4.79 Å². The third-order valence-corrected chi connectivity index (χ3v) is 2.59. The van der Waals surface area contributed by atoms with Gasteiger partial charge in [-0.15, -0.1) is 0 Å². The predicted molar refractivity (Wildman–Crippen MR) is 41.8 cm³/mol. The highest BCUT2D eigenvalue weighted by atomic mass is 16.1. The molecule has 0 aromatic carbocycles. The molecule has 0 unspecified atom stereocenters. The Bertz CT molecular complexity index is 204. The van der Waals surface area contributed by atoms with Crippen molar-refractivity contribution in [2.24, 2.45) is 5.41 Å². The summed E-state index contributed by atoms with van der Waals surface area (Å²) in [5, 5.41) is 8.37. The number of rotatable bonds is 2. The van der Waals surface area contributed by atoms with Gasteiger partial charge in [-0.05, 0) is 19.3 Å². The second kappa shape index (κ2) is 3.04. The van der Waals surface area contributed by atoms with Gasteiger partial charge in [0.2, 0.25) is 0 Å². The summed E-state index contributed by atoms with van der Waals surface area (Å²) in [6, 6.07) is 2.09. The Morgan fingerprint density at radius 1 is 1.73 bits per heavy atom. The number of nitrogens with zero attached hydrogens (tertiary/aromatic N) is 1. The van der Waals surface area contributed by atoms with Crippen molar-refractivity contribution in [3.63, 3.8) is 0 Å². The Balaban J connectivity index is 2.52. The zero-order chi connectivity index (χ0) is 8.32. The van der Waals surface area contributed by atoms with Gasteiger partial charge in [-0.1, -0.05) is 6.92 Å². The number of Topliss-reactive ketones (excluding diaryl/α,β-unsaturated/α-hetero) is 1. The fourth-order valence-electron chi connectivity index (χ4n) is 1.68. The monoisotopic (exact) mass is 151 g/mol. The van der Waals surface area contributed by atoms with E-state index in [-0.39, 0.29) is 5.41 Å². The summed E-state index contributed by atoms with van der Waals surface area (Å²) in [5.74, 6) is 0.354. The molecule has 1 aliphatic carbocycles. The first-order valence-electron chi connectivity index (χ1n) is 4.09. The molecule has 0 heterocycles. The Hall–Kier alpha value is -0.840. The van der Waals surface area contributed by atoms with Gasteiger partial charge in [-0.3, -0.25) is 4.79 Å². The van der Waals surface area contributed by atoms with Crippen LogP contribution >= 0.6 is 0 Å². The molecule has 0 aromatic rings. The van der Waals surface area contributed by atoms with Crippen LogP contribution in [0.25, 0.3) is 0 Å². The zero-order valence-electron chi connectivity index (χ0n) is 6.89. The minimum atomic E-state index is -0.157. The van der Waals surface area contributed by atoms with Crippen LogP contribution in [0.3, 0.4) is 0 Å². The van der Waals surface area contributed by atoms with Gasteiger partial charge in [0.15, 0.2) is 0 Å². The van der Waals surface area contributed by atoms with Crippen molar-refractivity contribution in [2.75, 3.05) is 0 Å². The van der Waals surface area contributed by atoms with Gasteiger partial charge < -0.3 is 0 Å². The second-order valence-corrected chi connectivity index (χ2v) is 3.50. The molecule has 0 spiro atoms. The average molecular weight is 151 g/mol. The number of carbonyl (C=O) groups excluding carboxylic acids is 1. The van der Waals surface area contributed by atoms with E-state index < -0.39 is 0 Å². The lowest BCUT2D eigenvalue weighted by Crippen LogP contribution is -2.20. The van der Waals surface area contributed by atoms with Gasteiger partial charge in [0.25, 0.3) is 0 Å². The smallest absolute Gasteiger partial charge is 0.138 e. The molecule has 11 heavy (non-hydrogen) atoms. The molecule has 0 amide bonds. The topological polar surface area (TPSA) is 40.9 Å². The third kappa shape index (κ3) is 1.59. The van der Waals surface area contributed by atoms with E-state index in [1.54, 1.807) is 0 Å². The van der Waals surface area contributed by atoms with Crippen LogP contribution in [0.15, 0.2) is 0 Å². The van der Waals surface area contributed by atoms with Crippen LogP contribution in [0, 0.1) is 16.7 Å². The number of carbonyl (C=O) groups is 1. The highest BCUT2D eigenvalue weighted by Crippen LogP contribution is 2.37. The first-order valence-corrected chi connectivity index (χ1v) is 4.09. The summed E-state index contributed by atoms with van der Waals surface area (Å²) in [6.07, 6.45) is 3.99. The maximum absolute atomic E-state index is 11.3. The van der Waals surface area contributed by atoms with E-state index in [0.717, 1.165) is 25.7 Å². The van der Waals surface area contributed by atoms with Crippen LogP contribution in [0.2, 0.25) is 0 Å². The third-order valence-electron chi connectivity index (χ3n) is 2.59. The lowest BCUT2D eigenvalue weighted by Gasteiger charge is -2.19. The van der Waals surface area contributed by atoms with Crippen LogP contribution in [0.5, 0.6) is 0 Å².